The lowest BCUT2D eigenvalue weighted by molar-refractivity contribution is -0.138. The largest absolute Gasteiger partial charge is 0.375 e. The molecule has 1 amide bonds. The Kier molecular flexibility index (Phi) is 5.99. The first-order valence-electron chi connectivity index (χ1n) is 8.54. The lowest BCUT2D eigenvalue weighted by atomic mass is 10.1. The Labute approximate surface area is 147 Å². The van der Waals surface area contributed by atoms with E-state index < -0.39 is 0 Å². The molecule has 4 nitrogen and oxygen atoms in total. The molecule has 0 spiro atoms. The summed E-state index contributed by atoms with van der Waals surface area (Å²) in [6.07, 6.45) is 3.46. The van der Waals surface area contributed by atoms with Crippen molar-refractivity contribution < 1.29 is 9.53 Å². The van der Waals surface area contributed by atoms with E-state index >= 15 is 0 Å². The third-order valence-electron chi connectivity index (χ3n) is 4.50. The minimum absolute atomic E-state index is 0.146. The van der Waals surface area contributed by atoms with Crippen LogP contribution >= 0.6 is 11.3 Å². The summed E-state index contributed by atoms with van der Waals surface area (Å²) in [7, 11) is 0. The van der Waals surface area contributed by atoms with Gasteiger partial charge in [0.25, 0.3) is 0 Å². The number of carbonyl (C=O) groups excluding carboxylic acids is 1. The van der Waals surface area contributed by atoms with Gasteiger partial charge in [-0.3, -0.25) is 4.79 Å². The summed E-state index contributed by atoms with van der Waals surface area (Å²) >= 11 is 1.64. The monoisotopic (exact) mass is 344 g/mol. The van der Waals surface area contributed by atoms with Crippen molar-refractivity contribution in [3.05, 3.63) is 52.0 Å². The summed E-state index contributed by atoms with van der Waals surface area (Å²) in [5.41, 5.74) is 4.23. The number of benzene rings is 1. The Hall–Kier alpha value is -1.72. The van der Waals surface area contributed by atoms with Gasteiger partial charge in [0.1, 0.15) is 0 Å². The maximum absolute atomic E-state index is 12.5. The highest BCUT2D eigenvalue weighted by atomic mass is 32.1. The second-order valence-corrected chi connectivity index (χ2v) is 7.16. The van der Waals surface area contributed by atoms with Crippen molar-refractivity contribution in [2.75, 3.05) is 19.7 Å². The zero-order valence-electron chi connectivity index (χ0n) is 14.1. The summed E-state index contributed by atoms with van der Waals surface area (Å²) in [5, 5.41) is 0. The normalized spacial score (nSPS) is 17.9. The van der Waals surface area contributed by atoms with Crippen LogP contribution in [-0.4, -0.2) is 41.6 Å². The van der Waals surface area contributed by atoms with E-state index in [2.05, 4.69) is 29.2 Å². The van der Waals surface area contributed by atoms with E-state index in [-0.39, 0.29) is 12.0 Å². The van der Waals surface area contributed by atoms with Crippen LogP contribution in [0.5, 0.6) is 0 Å². The van der Waals surface area contributed by atoms with E-state index in [1.54, 1.807) is 11.3 Å². The highest BCUT2D eigenvalue weighted by Gasteiger charge is 2.24. The topological polar surface area (TPSA) is 42.4 Å². The number of hydrogen-bond acceptors (Lipinski definition) is 4. The summed E-state index contributed by atoms with van der Waals surface area (Å²) in [6.45, 7) is 4.07. The third-order valence-corrected chi connectivity index (χ3v) is 5.49. The van der Waals surface area contributed by atoms with Crippen LogP contribution in [0.4, 0.5) is 0 Å². The van der Waals surface area contributed by atoms with E-state index in [9.17, 15) is 4.79 Å². The Morgan fingerprint density at radius 2 is 2.17 bits per heavy atom. The number of thiazole rings is 1. The minimum Gasteiger partial charge on any atom is -0.375 e. The fourth-order valence-corrected chi connectivity index (χ4v) is 3.82. The molecular formula is C19H24N2O2S. The van der Waals surface area contributed by atoms with Crippen molar-refractivity contribution in [3.8, 4) is 0 Å². The van der Waals surface area contributed by atoms with Crippen LogP contribution in [0.3, 0.4) is 0 Å². The summed E-state index contributed by atoms with van der Waals surface area (Å²) < 4.78 is 5.85. The third kappa shape index (κ3) is 4.65. The van der Waals surface area contributed by atoms with E-state index in [0.29, 0.717) is 26.1 Å². The number of nitrogens with zero attached hydrogens (tertiary/aromatic N) is 2. The molecule has 1 aromatic heterocycles. The van der Waals surface area contributed by atoms with Crippen LogP contribution in [0.15, 0.2) is 35.8 Å². The van der Waals surface area contributed by atoms with Crippen LogP contribution < -0.4 is 0 Å². The van der Waals surface area contributed by atoms with Crippen molar-refractivity contribution >= 4 is 17.2 Å². The van der Waals surface area contributed by atoms with Crippen LogP contribution in [-0.2, 0) is 22.4 Å². The zero-order chi connectivity index (χ0) is 16.8. The maximum atomic E-state index is 12.5. The van der Waals surface area contributed by atoms with Crippen LogP contribution in [0.1, 0.15) is 29.0 Å². The Morgan fingerprint density at radius 1 is 1.33 bits per heavy atom. The first kappa shape index (κ1) is 17.1. The zero-order valence-corrected chi connectivity index (χ0v) is 14.9. The summed E-state index contributed by atoms with van der Waals surface area (Å²) in [5.74, 6) is 0.232. The van der Waals surface area contributed by atoms with Gasteiger partial charge in [-0.2, -0.15) is 0 Å². The van der Waals surface area contributed by atoms with Crippen molar-refractivity contribution in [3.63, 3.8) is 0 Å². The molecule has 3 rings (SSSR count). The average Bonchev–Trinajstić information content (AvgIpc) is 3.04. The predicted molar refractivity (Wildman–Crippen MR) is 96.3 cm³/mol. The van der Waals surface area contributed by atoms with E-state index in [0.717, 1.165) is 25.0 Å². The second-order valence-electron chi connectivity index (χ2n) is 6.22. The molecule has 2 heterocycles. The van der Waals surface area contributed by atoms with Gasteiger partial charge in [-0.25, -0.2) is 4.98 Å². The summed E-state index contributed by atoms with van der Waals surface area (Å²) in [6, 6.07) is 10.4. The van der Waals surface area contributed by atoms with Gasteiger partial charge in [-0.15, -0.1) is 11.3 Å². The number of ether oxygens (including phenoxy) is 1. The molecule has 2 aromatic rings. The average molecular weight is 344 g/mol. The Morgan fingerprint density at radius 3 is 2.92 bits per heavy atom. The standard InChI is InChI=1S/C19H24N2O2S/c1-15-18(24-14-20-15)9-10-19(22)21-11-12-23-17(13-21)8-7-16-5-3-2-4-6-16/h2-6,14,17H,7-13H2,1H3/t17-/m1/s1. The molecule has 24 heavy (non-hydrogen) atoms. The first-order valence-corrected chi connectivity index (χ1v) is 9.42. The van der Waals surface area contributed by atoms with Gasteiger partial charge >= 0.3 is 0 Å². The number of morpholine rings is 1. The number of aromatic nitrogens is 1. The number of amides is 1. The number of rotatable bonds is 6. The molecule has 0 bridgehead atoms. The molecule has 1 saturated heterocycles. The first-order chi connectivity index (χ1) is 11.7. The Balaban J connectivity index is 1.46. The maximum Gasteiger partial charge on any atom is 0.223 e. The molecule has 1 aliphatic heterocycles. The van der Waals surface area contributed by atoms with Crippen molar-refractivity contribution in [1.29, 1.82) is 0 Å². The summed E-state index contributed by atoms with van der Waals surface area (Å²) in [4.78, 5) is 19.9. The molecule has 1 aliphatic rings. The van der Waals surface area contributed by atoms with Gasteiger partial charge < -0.3 is 9.64 Å². The molecule has 0 radical (unpaired) electrons. The molecular weight excluding hydrogens is 320 g/mol. The highest BCUT2D eigenvalue weighted by Crippen LogP contribution is 2.17. The van der Waals surface area contributed by atoms with Crippen LogP contribution in [0.2, 0.25) is 0 Å². The molecule has 0 N–H and O–H groups in total. The number of carbonyl (C=O) groups is 1. The predicted octanol–water partition coefficient (Wildman–Crippen LogP) is 3.24. The molecule has 5 heteroatoms. The minimum atomic E-state index is 0.146. The molecule has 1 aromatic carbocycles. The van der Waals surface area contributed by atoms with Crippen molar-refractivity contribution in [2.24, 2.45) is 0 Å². The van der Waals surface area contributed by atoms with E-state index in [1.165, 1.54) is 10.4 Å². The molecule has 1 fully saturated rings. The van der Waals surface area contributed by atoms with Gasteiger partial charge in [-0.05, 0) is 31.7 Å². The molecule has 0 saturated carbocycles. The number of hydrogen-bond donors (Lipinski definition) is 0. The van der Waals surface area contributed by atoms with Crippen molar-refractivity contribution in [2.45, 2.75) is 38.7 Å². The van der Waals surface area contributed by atoms with Gasteiger partial charge in [-0.1, -0.05) is 30.3 Å². The Bertz CT molecular complexity index is 656. The smallest absolute Gasteiger partial charge is 0.223 e. The van der Waals surface area contributed by atoms with Gasteiger partial charge in [0, 0.05) is 24.4 Å². The number of aryl methyl sites for hydroxylation is 3. The quantitative estimate of drug-likeness (QED) is 0.808. The van der Waals surface area contributed by atoms with Gasteiger partial charge in [0.15, 0.2) is 0 Å². The lowest BCUT2D eigenvalue weighted by Crippen LogP contribution is -2.45. The van der Waals surface area contributed by atoms with Crippen LogP contribution in [0.25, 0.3) is 0 Å². The van der Waals surface area contributed by atoms with E-state index in [4.69, 9.17) is 4.74 Å². The highest BCUT2D eigenvalue weighted by molar-refractivity contribution is 7.09. The molecule has 128 valence electrons. The van der Waals surface area contributed by atoms with Crippen LogP contribution in [0, 0.1) is 6.92 Å². The van der Waals surface area contributed by atoms with Gasteiger partial charge in [0.2, 0.25) is 5.91 Å². The SMILES string of the molecule is Cc1ncsc1CCC(=O)N1CCO[C@H](CCc2ccccc2)C1. The lowest BCUT2D eigenvalue weighted by Gasteiger charge is -2.33. The molecule has 0 unspecified atom stereocenters. The van der Waals surface area contributed by atoms with Crippen molar-refractivity contribution in [1.82, 2.24) is 9.88 Å². The fraction of sp³-hybridized carbons (Fsp3) is 0.474. The van der Waals surface area contributed by atoms with E-state index in [1.807, 2.05) is 23.4 Å². The molecule has 1 atom stereocenters. The molecule has 0 aliphatic carbocycles. The second kappa shape index (κ2) is 8.40. The van der Waals surface area contributed by atoms with Gasteiger partial charge in [0.05, 0.1) is 23.9 Å². The fourth-order valence-electron chi connectivity index (χ4n) is 3.04.